The Labute approximate surface area is 132 Å². The van der Waals surface area contributed by atoms with Crippen molar-refractivity contribution in [3.05, 3.63) is 83.6 Å². The highest BCUT2D eigenvalue weighted by molar-refractivity contribution is 6.21. The van der Waals surface area contributed by atoms with Crippen molar-refractivity contribution < 1.29 is 9.90 Å². The summed E-state index contributed by atoms with van der Waals surface area (Å²) in [5, 5.41) is 14.2. The van der Waals surface area contributed by atoms with Crippen molar-refractivity contribution in [1.82, 2.24) is 4.98 Å². The molecule has 1 unspecified atom stereocenters. The van der Waals surface area contributed by atoms with Crippen LogP contribution in [0.15, 0.2) is 66.9 Å². The predicted molar refractivity (Wildman–Crippen MR) is 89.6 cm³/mol. The number of rotatable bonds is 1. The number of aromatic amines is 1. The third-order valence-electron chi connectivity index (χ3n) is 4.85. The van der Waals surface area contributed by atoms with Gasteiger partial charge in [-0.05, 0) is 16.8 Å². The van der Waals surface area contributed by atoms with E-state index in [2.05, 4.69) is 4.98 Å². The van der Waals surface area contributed by atoms with E-state index in [1.807, 2.05) is 54.6 Å². The molecular formula is C20H13NO2. The van der Waals surface area contributed by atoms with Crippen LogP contribution in [0.2, 0.25) is 0 Å². The van der Waals surface area contributed by atoms with Crippen LogP contribution in [0.1, 0.15) is 21.5 Å². The summed E-state index contributed by atoms with van der Waals surface area (Å²) < 4.78 is 0. The van der Waals surface area contributed by atoms with Gasteiger partial charge in [-0.3, -0.25) is 4.79 Å². The van der Waals surface area contributed by atoms with Crippen LogP contribution < -0.4 is 0 Å². The van der Waals surface area contributed by atoms with Crippen molar-refractivity contribution in [2.45, 2.75) is 5.60 Å². The molecule has 1 aliphatic carbocycles. The maximum atomic E-state index is 13.1. The molecule has 4 aromatic rings. The number of nitrogens with one attached hydrogen (secondary N) is 1. The number of H-pyrrole nitrogens is 1. The lowest BCUT2D eigenvalue weighted by atomic mass is 9.86. The molecule has 5 rings (SSSR count). The van der Waals surface area contributed by atoms with Gasteiger partial charge in [-0.1, -0.05) is 54.6 Å². The van der Waals surface area contributed by atoms with Crippen LogP contribution >= 0.6 is 0 Å². The molecule has 1 heterocycles. The predicted octanol–water partition coefficient (Wildman–Crippen LogP) is 3.75. The molecule has 0 amide bonds. The van der Waals surface area contributed by atoms with Crippen LogP contribution in [-0.4, -0.2) is 15.9 Å². The van der Waals surface area contributed by atoms with E-state index in [0.29, 0.717) is 16.7 Å². The molecule has 23 heavy (non-hydrogen) atoms. The zero-order chi connectivity index (χ0) is 15.6. The number of para-hydroxylation sites is 1. The highest BCUT2D eigenvalue weighted by Crippen LogP contribution is 2.46. The lowest BCUT2D eigenvalue weighted by Crippen LogP contribution is -2.32. The Morgan fingerprint density at radius 3 is 2.52 bits per heavy atom. The lowest BCUT2D eigenvalue weighted by molar-refractivity contribution is 0.0522. The molecule has 3 nitrogen and oxygen atoms in total. The Bertz CT molecular complexity index is 1100. The minimum Gasteiger partial charge on any atom is -0.373 e. The van der Waals surface area contributed by atoms with Crippen molar-refractivity contribution in [2.75, 3.05) is 0 Å². The highest BCUT2D eigenvalue weighted by atomic mass is 16.3. The van der Waals surface area contributed by atoms with Gasteiger partial charge in [0.1, 0.15) is 0 Å². The third-order valence-corrected chi connectivity index (χ3v) is 4.85. The van der Waals surface area contributed by atoms with Crippen molar-refractivity contribution >= 4 is 27.5 Å². The van der Waals surface area contributed by atoms with Crippen molar-refractivity contribution in [2.24, 2.45) is 0 Å². The van der Waals surface area contributed by atoms with Gasteiger partial charge in [-0.25, -0.2) is 0 Å². The van der Waals surface area contributed by atoms with Crippen LogP contribution in [0.3, 0.4) is 0 Å². The van der Waals surface area contributed by atoms with Crippen LogP contribution in [0.4, 0.5) is 0 Å². The quantitative estimate of drug-likeness (QED) is 0.562. The second-order valence-electron chi connectivity index (χ2n) is 6.00. The van der Waals surface area contributed by atoms with E-state index < -0.39 is 5.60 Å². The Morgan fingerprint density at radius 2 is 1.65 bits per heavy atom. The van der Waals surface area contributed by atoms with Crippen molar-refractivity contribution in [3.63, 3.8) is 0 Å². The van der Waals surface area contributed by atoms with Gasteiger partial charge in [0.2, 0.25) is 5.78 Å². The smallest absolute Gasteiger partial charge is 0.204 e. The molecule has 1 aliphatic rings. The van der Waals surface area contributed by atoms with E-state index >= 15 is 0 Å². The summed E-state index contributed by atoms with van der Waals surface area (Å²) in [4.78, 5) is 16.2. The van der Waals surface area contributed by atoms with Gasteiger partial charge >= 0.3 is 0 Å². The Kier molecular flexibility index (Phi) is 2.24. The Balaban J connectivity index is 1.91. The summed E-state index contributed by atoms with van der Waals surface area (Å²) in [5.74, 6) is -0.256. The largest absolute Gasteiger partial charge is 0.373 e. The number of fused-ring (bicyclic) bond motifs is 1. The van der Waals surface area contributed by atoms with Crippen molar-refractivity contribution in [3.8, 4) is 0 Å². The molecule has 2 N–H and O–H groups in total. The van der Waals surface area contributed by atoms with E-state index in [4.69, 9.17) is 0 Å². The van der Waals surface area contributed by atoms with E-state index in [1.165, 1.54) is 0 Å². The standard InChI is InChI=1S/C20H13NO2/c22-19-14-8-3-5-12-6-4-9-15(18(12)14)20(19,23)16-11-21-17-10-2-1-7-13(16)17/h1-11,21,23H. The highest BCUT2D eigenvalue weighted by Gasteiger charge is 2.48. The third kappa shape index (κ3) is 1.40. The second-order valence-corrected chi connectivity index (χ2v) is 6.00. The SMILES string of the molecule is O=C1c2cccc3cccc(c23)C1(O)c1c[nH]c2ccccc12. The number of hydrogen-bond acceptors (Lipinski definition) is 2. The molecule has 1 atom stereocenters. The van der Waals surface area contributed by atoms with E-state index in [1.54, 1.807) is 12.3 Å². The van der Waals surface area contributed by atoms with Gasteiger partial charge in [-0.2, -0.15) is 0 Å². The summed E-state index contributed by atoms with van der Waals surface area (Å²) >= 11 is 0. The average molecular weight is 299 g/mol. The first-order chi connectivity index (χ1) is 11.2. The molecule has 0 spiro atoms. The Hall–Kier alpha value is -2.91. The number of aromatic nitrogens is 1. The number of Topliss-reactive ketones (excluding diaryl/α,β-unsaturated/α-hetero) is 1. The van der Waals surface area contributed by atoms with E-state index in [9.17, 15) is 9.90 Å². The van der Waals surface area contributed by atoms with Gasteiger partial charge in [0.05, 0.1) is 0 Å². The molecule has 110 valence electrons. The van der Waals surface area contributed by atoms with Gasteiger partial charge in [-0.15, -0.1) is 0 Å². The van der Waals surface area contributed by atoms with E-state index in [-0.39, 0.29) is 5.78 Å². The molecule has 1 aromatic heterocycles. The number of aliphatic hydroxyl groups is 1. The fourth-order valence-electron chi connectivity index (χ4n) is 3.79. The topological polar surface area (TPSA) is 53.1 Å². The molecule has 3 aromatic carbocycles. The lowest BCUT2D eigenvalue weighted by Gasteiger charge is -2.22. The maximum absolute atomic E-state index is 13.1. The van der Waals surface area contributed by atoms with Gasteiger partial charge < -0.3 is 10.1 Å². The number of hydrogen-bond donors (Lipinski definition) is 2. The van der Waals surface area contributed by atoms with E-state index in [0.717, 1.165) is 21.7 Å². The normalized spacial score (nSPS) is 19.8. The van der Waals surface area contributed by atoms with Gasteiger partial charge in [0.15, 0.2) is 5.60 Å². The first kappa shape index (κ1) is 12.6. The Morgan fingerprint density at radius 1 is 0.870 bits per heavy atom. The summed E-state index contributed by atoms with van der Waals surface area (Å²) in [6, 6.07) is 19.0. The molecule has 0 radical (unpaired) electrons. The molecule has 0 aliphatic heterocycles. The fraction of sp³-hybridized carbons (Fsp3) is 0.0500. The molecule has 0 saturated heterocycles. The monoisotopic (exact) mass is 299 g/mol. The number of benzene rings is 3. The van der Waals surface area contributed by atoms with Gasteiger partial charge in [0.25, 0.3) is 0 Å². The maximum Gasteiger partial charge on any atom is 0.204 e. The first-order valence-electron chi connectivity index (χ1n) is 7.57. The number of ketones is 1. The minimum atomic E-state index is -1.64. The number of carbonyl (C=O) groups is 1. The van der Waals surface area contributed by atoms with Crippen LogP contribution in [0.5, 0.6) is 0 Å². The van der Waals surface area contributed by atoms with Crippen LogP contribution in [0, 0.1) is 0 Å². The second kappa shape index (κ2) is 4.09. The number of carbonyl (C=O) groups excluding carboxylic acids is 1. The average Bonchev–Trinajstić information content (AvgIpc) is 3.12. The summed E-state index contributed by atoms with van der Waals surface area (Å²) in [5.41, 5.74) is 1.14. The molecule has 3 heteroatoms. The zero-order valence-corrected chi connectivity index (χ0v) is 12.2. The molecule has 0 fully saturated rings. The fourth-order valence-corrected chi connectivity index (χ4v) is 3.79. The van der Waals surface area contributed by atoms with Crippen LogP contribution in [0.25, 0.3) is 21.7 Å². The summed E-state index contributed by atoms with van der Waals surface area (Å²) in [6.45, 7) is 0. The summed E-state index contributed by atoms with van der Waals surface area (Å²) in [6.07, 6.45) is 1.74. The van der Waals surface area contributed by atoms with Gasteiger partial charge in [0, 0.05) is 33.8 Å². The first-order valence-corrected chi connectivity index (χ1v) is 7.57. The van der Waals surface area contributed by atoms with Crippen molar-refractivity contribution in [1.29, 1.82) is 0 Å². The zero-order valence-electron chi connectivity index (χ0n) is 12.2. The molecule has 0 saturated carbocycles. The van der Waals surface area contributed by atoms with Crippen LogP contribution in [-0.2, 0) is 5.60 Å². The molecule has 0 bridgehead atoms. The molecular weight excluding hydrogens is 286 g/mol. The summed E-state index contributed by atoms with van der Waals surface area (Å²) in [7, 11) is 0. The minimum absolute atomic E-state index is 0.256.